The zero-order valence-corrected chi connectivity index (χ0v) is 18.2. The Balaban J connectivity index is 1.32. The van der Waals surface area contributed by atoms with Gasteiger partial charge in [0, 0.05) is 18.5 Å². The molecule has 3 atom stereocenters. The molecule has 8 nitrogen and oxygen atoms in total. The number of carbonyl (C=O) groups excluding carboxylic acids is 2. The van der Waals surface area contributed by atoms with Crippen molar-refractivity contribution in [2.24, 2.45) is 11.8 Å². The van der Waals surface area contributed by atoms with Gasteiger partial charge in [-0.2, -0.15) is 13.2 Å². The van der Waals surface area contributed by atoms with Crippen molar-refractivity contribution >= 4 is 11.8 Å². The Morgan fingerprint density at radius 3 is 2.76 bits per heavy atom. The van der Waals surface area contributed by atoms with E-state index in [1.54, 1.807) is 6.07 Å². The van der Waals surface area contributed by atoms with E-state index in [2.05, 4.69) is 20.9 Å². The monoisotopic (exact) mass is 480 g/mol. The van der Waals surface area contributed by atoms with Gasteiger partial charge in [-0.3, -0.25) is 15.0 Å². The van der Waals surface area contributed by atoms with E-state index in [9.17, 15) is 27.2 Å². The maximum Gasteiger partial charge on any atom is 0.453 e. The van der Waals surface area contributed by atoms with Crippen molar-refractivity contribution in [1.82, 2.24) is 30.5 Å². The van der Waals surface area contributed by atoms with Gasteiger partial charge in [-0.15, -0.1) is 5.10 Å². The van der Waals surface area contributed by atoms with E-state index in [0.717, 1.165) is 35.9 Å². The van der Waals surface area contributed by atoms with Crippen molar-refractivity contribution in [3.8, 4) is 0 Å². The molecule has 1 saturated heterocycles. The topological polar surface area (TPSA) is 92.2 Å². The summed E-state index contributed by atoms with van der Waals surface area (Å²) >= 11 is 0. The highest BCUT2D eigenvalue weighted by atomic mass is 19.4. The average molecular weight is 480 g/mol. The molecule has 3 aliphatic rings. The van der Waals surface area contributed by atoms with Crippen LogP contribution in [0.5, 0.6) is 0 Å². The molecule has 1 aliphatic carbocycles. The van der Waals surface area contributed by atoms with E-state index in [0.29, 0.717) is 6.42 Å². The number of rotatable bonds is 3. The third kappa shape index (κ3) is 4.26. The molecule has 0 bridgehead atoms. The first kappa shape index (κ1) is 22.8. The van der Waals surface area contributed by atoms with Crippen LogP contribution >= 0.6 is 0 Å². The molecule has 3 unspecified atom stereocenters. The fourth-order valence-electron chi connectivity index (χ4n) is 5.25. The molecule has 12 heteroatoms. The van der Waals surface area contributed by atoms with Crippen molar-refractivity contribution in [1.29, 1.82) is 0 Å². The van der Waals surface area contributed by atoms with Gasteiger partial charge in [-0.25, -0.2) is 19.5 Å². The Labute approximate surface area is 192 Å². The Hall–Kier alpha value is -3.02. The first-order chi connectivity index (χ1) is 16.2. The van der Waals surface area contributed by atoms with Crippen molar-refractivity contribution in [3.05, 3.63) is 46.8 Å². The lowest BCUT2D eigenvalue weighted by Gasteiger charge is -2.41. The minimum atomic E-state index is -4.68. The maximum absolute atomic E-state index is 14.6. The number of halogens is 4. The Morgan fingerprint density at radius 2 is 1.97 bits per heavy atom. The molecular weight excluding hydrogens is 456 g/mol. The lowest BCUT2D eigenvalue weighted by Crippen LogP contribution is -2.60. The fourth-order valence-corrected chi connectivity index (χ4v) is 5.25. The van der Waals surface area contributed by atoms with Crippen molar-refractivity contribution in [3.63, 3.8) is 0 Å². The molecule has 182 valence electrons. The molecule has 3 heterocycles. The van der Waals surface area contributed by atoms with E-state index in [1.807, 2.05) is 0 Å². The standard InChI is InChI=1S/C22H24F4N6O2/c23-16-6-5-12(10-17-13-3-1-2-4-14(13)19(33)29-28-17)9-15(16)20(34)31-7-8-32-18(11-31)27-21(30-32)22(24,25)26/h5-6,9,13-14,17,28H,1-4,7-8,10-11H2,(H,29,33). The zero-order valence-electron chi connectivity index (χ0n) is 18.2. The van der Waals surface area contributed by atoms with E-state index in [4.69, 9.17) is 0 Å². The van der Waals surface area contributed by atoms with Crippen LogP contribution in [0.25, 0.3) is 0 Å². The summed E-state index contributed by atoms with van der Waals surface area (Å²) in [7, 11) is 0. The summed E-state index contributed by atoms with van der Waals surface area (Å²) in [5, 5.41) is 3.46. The summed E-state index contributed by atoms with van der Waals surface area (Å²) in [6.45, 7) is -0.0537. The predicted molar refractivity (Wildman–Crippen MR) is 110 cm³/mol. The first-order valence-electron chi connectivity index (χ1n) is 11.3. The van der Waals surface area contributed by atoms with Crippen molar-refractivity contribution < 1.29 is 27.2 Å². The van der Waals surface area contributed by atoms with Crippen LogP contribution in [-0.4, -0.2) is 44.1 Å². The molecule has 2 aliphatic heterocycles. The molecule has 5 rings (SSSR count). The minimum Gasteiger partial charge on any atom is -0.329 e. The SMILES string of the molecule is O=C1NNC(Cc2ccc(F)c(C(=O)N3CCn4nc(C(F)(F)F)nc4C3)c2)C2CCCCC12. The third-order valence-corrected chi connectivity index (χ3v) is 6.97. The number of hydrogen-bond acceptors (Lipinski definition) is 5. The highest BCUT2D eigenvalue weighted by Gasteiger charge is 2.40. The summed E-state index contributed by atoms with van der Waals surface area (Å²) in [4.78, 5) is 30.1. The maximum atomic E-state index is 14.6. The van der Waals surface area contributed by atoms with Gasteiger partial charge < -0.3 is 4.90 Å². The zero-order chi connectivity index (χ0) is 24.0. The molecular formula is C22H24F4N6O2. The molecule has 2 aromatic rings. The van der Waals surface area contributed by atoms with Gasteiger partial charge in [-0.05, 0) is 42.9 Å². The van der Waals surface area contributed by atoms with Gasteiger partial charge in [0.15, 0.2) is 0 Å². The summed E-state index contributed by atoms with van der Waals surface area (Å²) in [6.07, 6.45) is -0.330. The Morgan fingerprint density at radius 1 is 1.18 bits per heavy atom. The highest BCUT2D eigenvalue weighted by Crippen LogP contribution is 2.35. The molecule has 1 saturated carbocycles. The quantitative estimate of drug-likeness (QED) is 0.659. The van der Waals surface area contributed by atoms with E-state index in [-0.39, 0.29) is 54.8 Å². The van der Waals surface area contributed by atoms with Crippen LogP contribution in [0.3, 0.4) is 0 Å². The van der Waals surface area contributed by atoms with Crippen molar-refractivity contribution in [2.45, 2.75) is 57.4 Å². The number of amides is 2. The Bertz CT molecular complexity index is 1120. The molecule has 2 fully saturated rings. The van der Waals surface area contributed by atoms with Gasteiger partial charge in [0.2, 0.25) is 5.91 Å². The minimum absolute atomic E-state index is 0.00236. The number of carbonyl (C=O) groups is 2. The molecule has 1 aromatic carbocycles. The number of benzene rings is 1. The lowest BCUT2D eigenvalue weighted by molar-refractivity contribution is -0.145. The number of aromatic nitrogens is 3. The number of nitrogens with one attached hydrogen (secondary N) is 2. The summed E-state index contributed by atoms with van der Waals surface area (Å²) in [5.41, 5.74) is 6.41. The predicted octanol–water partition coefficient (Wildman–Crippen LogP) is 2.44. The summed E-state index contributed by atoms with van der Waals surface area (Å²) in [6, 6.07) is 4.31. The number of nitrogens with zero attached hydrogens (tertiary/aromatic N) is 4. The average Bonchev–Trinajstić information content (AvgIpc) is 3.26. The molecule has 1 aromatic heterocycles. The third-order valence-electron chi connectivity index (χ3n) is 6.97. The normalized spacial score (nSPS) is 24.9. The second-order valence-corrected chi connectivity index (χ2v) is 9.11. The number of alkyl halides is 3. The van der Waals surface area contributed by atoms with Gasteiger partial charge in [-0.1, -0.05) is 18.9 Å². The van der Waals surface area contributed by atoms with Crippen LogP contribution in [0, 0.1) is 17.7 Å². The number of hydrogen-bond donors (Lipinski definition) is 2. The number of hydrazine groups is 1. The molecule has 0 radical (unpaired) electrons. The largest absolute Gasteiger partial charge is 0.453 e. The van der Waals surface area contributed by atoms with E-state index < -0.39 is 23.7 Å². The van der Waals surface area contributed by atoms with E-state index in [1.165, 1.54) is 17.0 Å². The van der Waals surface area contributed by atoms with Gasteiger partial charge in [0.05, 0.1) is 18.7 Å². The van der Waals surface area contributed by atoms with Crippen LogP contribution in [0.1, 0.15) is 53.3 Å². The second-order valence-electron chi connectivity index (χ2n) is 9.11. The lowest BCUT2D eigenvalue weighted by atomic mass is 9.72. The van der Waals surface area contributed by atoms with Gasteiger partial charge >= 0.3 is 6.18 Å². The number of fused-ring (bicyclic) bond motifs is 2. The van der Waals surface area contributed by atoms with E-state index >= 15 is 0 Å². The highest BCUT2D eigenvalue weighted by molar-refractivity contribution is 5.94. The van der Waals surface area contributed by atoms with Crippen LogP contribution in [0.4, 0.5) is 17.6 Å². The first-order valence-corrected chi connectivity index (χ1v) is 11.3. The van der Waals surface area contributed by atoms with Gasteiger partial charge in [0.25, 0.3) is 11.7 Å². The molecule has 0 spiro atoms. The molecule has 2 amide bonds. The Kier molecular flexibility index (Phi) is 5.78. The van der Waals surface area contributed by atoms with Crippen LogP contribution in [-0.2, 0) is 30.5 Å². The van der Waals surface area contributed by atoms with Crippen LogP contribution in [0.15, 0.2) is 18.2 Å². The van der Waals surface area contributed by atoms with Crippen LogP contribution < -0.4 is 10.9 Å². The summed E-state index contributed by atoms with van der Waals surface area (Å²) in [5.74, 6) is -2.42. The van der Waals surface area contributed by atoms with Crippen LogP contribution in [0.2, 0.25) is 0 Å². The molecule has 34 heavy (non-hydrogen) atoms. The van der Waals surface area contributed by atoms with Gasteiger partial charge in [0.1, 0.15) is 11.6 Å². The summed E-state index contributed by atoms with van der Waals surface area (Å²) < 4.78 is 54.5. The fraction of sp³-hybridized carbons (Fsp3) is 0.545. The smallest absolute Gasteiger partial charge is 0.329 e. The van der Waals surface area contributed by atoms with Crippen molar-refractivity contribution in [2.75, 3.05) is 6.54 Å². The second kappa shape index (κ2) is 8.64. The molecule has 2 N–H and O–H groups in total.